The summed E-state index contributed by atoms with van der Waals surface area (Å²) in [5, 5.41) is 0. The molecule has 22 heavy (non-hydrogen) atoms. The van der Waals surface area contributed by atoms with Crippen LogP contribution in [0.3, 0.4) is 0 Å². The van der Waals surface area contributed by atoms with Crippen LogP contribution in [0.1, 0.15) is 0 Å². The molecule has 1 heterocycles. The van der Waals surface area contributed by atoms with Crippen molar-refractivity contribution in [3.63, 3.8) is 0 Å². The van der Waals surface area contributed by atoms with Crippen LogP contribution >= 0.6 is 0 Å². The molecule has 0 fully saturated rings. The van der Waals surface area contributed by atoms with Gasteiger partial charge in [0.1, 0.15) is 7.05 Å². The van der Waals surface area contributed by atoms with Gasteiger partial charge in [0.15, 0.2) is 11.9 Å². The fourth-order valence-corrected chi connectivity index (χ4v) is 2.37. The topological polar surface area (TPSA) is 13.1 Å². The van der Waals surface area contributed by atoms with Gasteiger partial charge in [-0.05, 0) is 11.6 Å². The number of aryl methyl sites for hydroxylation is 1. The molecule has 3 rings (SSSR count). The predicted octanol–water partition coefficient (Wildman–Crippen LogP) is 3.45. The molecule has 0 saturated heterocycles. The molecule has 0 N–H and O–H groups in total. The zero-order valence-corrected chi connectivity index (χ0v) is 15.5. The number of nitrogens with zero attached hydrogens (tertiary/aromatic N) is 1. The van der Waals surface area contributed by atoms with Gasteiger partial charge in [-0.25, -0.2) is 15.7 Å². The van der Waals surface area contributed by atoms with Crippen molar-refractivity contribution in [2.75, 3.05) is 7.11 Å². The average Bonchev–Trinajstić information content (AvgIpc) is 2.55. The summed E-state index contributed by atoms with van der Waals surface area (Å²) in [7, 11) is 3.71. The Labute approximate surface area is 156 Å². The third kappa shape index (κ3) is 3.45. The smallest absolute Gasteiger partial charge is 0.196 e. The Bertz CT molecular complexity index is 756. The fourth-order valence-electron chi connectivity index (χ4n) is 2.37. The summed E-state index contributed by atoms with van der Waals surface area (Å²) in [5.74, 6) is 0.816. The molecule has 3 aromatic rings. The minimum Gasteiger partial charge on any atom is -0.539 e. The largest absolute Gasteiger partial charge is 0.539 e. The standard InChI is InChI=1S/C19H16NO.Y/c1-20-13-7-6-10-18(20)17-14-16(11-12-19(17)21-2)15-8-4-3-5-9-15;/h3-8,10,12-14H,1-2H3;/q-1;. The Morgan fingerprint density at radius 3 is 2.50 bits per heavy atom. The quantitative estimate of drug-likeness (QED) is 0.513. The molecule has 2 nitrogen and oxygen atoms in total. The van der Waals surface area contributed by atoms with Gasteiger partial charge in [-0.3, -0.25) is 0 Å². The molecule has 0 aliphatic heterocycles. The van der Waals surface area contributed by atoms with Gasteiger partial charge in [-0.15, -0.1) is 12.1 Å². The van der Waals surface area contributed by atoms with E-state index in [0.29, 0.717) is 0 Å². The Morgan fingerprint density at radius 2 is 1.82 bits per heavy atom. The number of hydrogen-bond donors (Lipinski definition) is 0. The van der Waals surface area contributed by atoms with Crippen LogP contribution in [0.25, 0.3) is 22.4 Å². The van der Waals surface area contributed by atoms with E-state index in [4.69, 9.17) is 4.74 Å². The number of aromatic nitrogens is 1. The first-order valence-corrected chi connectivity index (χ1v) is 6.81. The summed E-state index contributed by atoms with van der Waals surface area (Å²) in [5.41, 5.74) is 4.18. The second-order valence-corrected chi connectivity index (χ2v) is 4.80. The van der Waals surface area contributed by atoms with Crippen molar-refractivity contribution >= 4 is 0 Å². The second-order valence-electron chi connectivity index (χ2n) is 4.80. The minimum absolute atomic E-state index is 0. The number of hydrogen-bond acceptors (Lipinski definition) is 1. The van der Waals surface area contributed by atoms with Crippen LogP contribution in [0.2, 0.25) is 0 Å². The number of ether oxygens (including phenoxy) is 1. The van der Waals surface area contributed by atoms with Gasteiger partial charge in [0, 0.05) is 50.6 Å². The molecule has 0 saturated carbocycles. The molecule has 0 atom stereocenters. The van der Waals surface area contributed by atoms with Crippen molar-refractivity contribution in [2.24, 2.45) is 7.05 Å². The molecule has 1 radical (unpaired) electrons. The van der Waals surface area contributed by atoms with Crippen molar-refractivity contribution in [3.8, 4) is 28.1 Å². The number of benzene rings is 2. The zero-order chi connectivity index (χ0) is 14.7. The van der Waals surface area contributed by atoms with E-state index < -0.39 is 0 Å². The molecule has 0 aliphatic carbocycles. The summed E-state index contributed by atoms with van der Waals surface area (Å²) in [6.45, 7) is 0. The van der Waals surface area contributed by atoms with E-state index in [2.05, 4.69) is 28.8 Å². The van der Waals surface area contributed by atoms with E-state index in [1.54, 1.807) is 7.11 Å². The van der Waals surface area contributed by atoms with Crippen LogP contribution in [0.15, 0.2) is 60.8 Å². The summed E-state index contributed by atoms with van der Waals surface area (Å²) in [6, 6.07) is 24.5. The average molecular weight is 363 g/mol. The molecule has 2 aromatic carbocycles. The van der Waals surface area contributed by atoms with Crippen LogP contribution in [-0.4, -0.2) is 7.11 Å². The normalized spacial score (nSPS) is 9.91. The van der Waals surface area contributed by atoms with E-state index in [-0.39, 0.29) is 32.7 Å². The monoisotopic (exact) mass is 363 g/mol. The molecule has 3 heteroatoms. The van der Waals surface area contributed by atoms with E-state index in [1.165, 1.54) is 0 Å². The van der Waals surface area contributed by atoms with Gasteiger partial charge < -0.3 is 4.74 Å². The zero-order valence-electron chi connectivity index (χ0n) is 12.7. The van der Waals surface area contributed by atoms with E-state index in [1.807, 2.05) is 55.7 Å². The molecule has 0 unspecified atom stereocenters. The maximum absolute atomic E-state index is 5.49. The van der Waals surface area contributed by atoms with Gasteiger partial charge in [-0.2, -0.15) is 36.4 Å². The Kier molecular flexibility index (Phi) is 5.87. The molecule has 1 aromatic heterocycles. The van der Waals surface area contributed by atoms with Gasteiger partial charge in [0.2, 0.25) is 0 Å². The van der Waals surface area contributed by atoms with Crippen LogP contribution in [-0.2, 0) is 39.8 Å². The third-order valence-corrected chi connectivity index (χ3v) is 3.46. The van der Waals surface area contributed by atoms with E-state index in [0.717, 1.165) is 28.1 Å². The van der Waals surface area contributed by atoms with Crippen molar-refractivity contribution in [1.29, 1.82) is 0 Å². The van der Waals surface area contributed by atoms with Crippen molar-refractivity contribution in [2.45, 2.75) is 0 Å². The summed E-state index contributed by atoms with van der Waals surface area (Å²) in [4.78, 5) is 0. The summed E-state index contributed by atoms with van der Waals surface area (Å²) >= 11 is 0. The number of rotatable bonds is 3. The molecule has 0 aliphatic rings. The Hall–Kier alpha value is -1.51. The van der Waals surface area contributed by atoms with Gasteiger partial charge in [0.05, 0.1) is 7.11 Å². The van der Waals surface area contributed by atoms with Crippen LogP contribution in [0.4, 0.5) is 0 Å². The second kappa shape index (κ2) is 7.66. The Balaban J connectivity index is 0.00000176. The van der Waals surface area contributed by atoms with Crippen molar-refractivity contribution in [3.05, 3.63) is 72.9 Å². The SMILES string of the molecule is COc1c[c-]c(-c2[c-]cccc2)cc1-c1cccc[n+]1C.[Y]. The van der Waals surface area contributed by atoms with Crippen LogP contribution in [0, 0.1) is 12.1 Å². The first-order valence-electron chi connectivity index (χ1n) is 6.81. The molecule has 0 amide bonds. The predicted molar refractivity (Wildman–Crippen MR) is 82.7 cm³/mol. The summed E-state index contributed by atoms with van der Waals surface area (Å²) < 4.78 is 7.57. The van der Waals surface area contributed by atoms with E-state index >= 15 is 0 Å². The minimum atomic E-state index is 0. The van der Waals surface area contributed by atoms with Gasteiger partial charge in [0.25, 0.3) is 0 Å². The van der Waals surface area contributed by atoms with Crippen molar-refractivity contribution in [1.82, 2.24) is 0 Å². The molecule has 0 spiro atoms. The van der Waals surface area contributed by atoms with Crippen molar-refractivity contribution < 1.29 is 42.0 Å². The number of pyridine rings is 1. The van der Waals surface area contributed by atoms with Crippen LogP contribution in [0.5, 0.6) is 5.75 Å². The Morgan fingerprint density at radius 1 is 1.00 bits per heavy atom. The van der Waals surface area contributed by atoms with E-state index in [9.17, 15) is 0 Å². The maximum Gasteiger partial charge on any atom is 0.196 e. The first kappa shape index (κ1) is 16.9. The molecular weight excluding hydrogens is 347 g/mol. The maximum atomic E-state index is 5.49. The number of methoxy groups -OCH3 is 1. The molecule has 107 valence electrons. The van der Waals surface area contributed by atoms with Crippen LogP contribution < -0.4 is 9.30 Å². The summed E-state index contributed by atoms with van der Waals surface area (Å²) in [6.07, 6.45) is 2.03. The fraction of sp³-hybridized carbons (Fsp3) is 0.105. The van der Waals surface area contributed by atoms with Gasteiger partial charge in [-0.1, -0.05) is 0 Å². The first-order chi connectivity index (χ1) is 10.3. The van der Waals surface area contributed by atoms with Gasteiger partial charge >= 0.3 is 0 Å². The molecular formula is C19H16NOY-. The third-order valence-electron chi connectivity index (χ3n) is 3.46. The molecule has 0 bridgehead atoms.